The quantitative estimate of drug-likeness (QED) is 0.808. The van der Waals surface area contributed by atoms with E-state index >= 15 is 0 Å². The molecule has 0 aromatic rings. The van der Waals surface area contributed by atoms with Crippen molar-refractivity contribution in [3.8, 4) is 0 Å². The minimum atomic E-state index is 0.392. The molecule has 0 aromatic heterocycles. The molecule has 0 unspecified atom stereocenters. The molecule has 0 aliphatic heterocycles. The van der Waals surface area contributed by atoms with Crippen molar-refractivity contribution in [2.24, 2.45) is 0 Å². The summed E-state index contributed by atoms with van der Waals surface area (Å²) in [5.41, 5.74) is 0. The van der Waals surface area contributed by atoms with E-state index in [0.29, 0.717) is 12.2 Å². The minimum Gasteiger partial charge on any atom is -0.376 e. The molecule has 17 heavy (non-hydrogen) atoms. The summed E-state index contributed by atoms with van der Waals surface area (Å²) in [6, 6.07) is 1.58. The Kier molecular flexibility index (Phi) is 5.30. The molecule has 2 aliphatic carbocycles. The summed E-state index contributed by atoms with van der Waals surface area (Å²) < 4.78 is 5.90. The van der Waals surface area contributed by atoms with E-state index in [1.54, 1.807) is 0 Å². The van der Waals surface area contributed by atoms with Crippen molar-refractivity contribution in [3.63, 3.8) is 0 Å². The number of nitrogens with one attached hydrogen (secondary N) is 1. The molecule has 0 atom stereocenters. The Morgan fingerprint density at radius 1 is 0.824 bits per heavy atom. The largest absolute Gasteiger partial charge is 0.376 e. The zero-order valence-electron chi connectivity index (χ0n) is 11.6. The van der Waals surface area contributed by atoms with Gasteiger partial charge in [-0.1, -0.05) is 19.3 Å². The van der Waals surface area contributed by atoms with Gasteiger partial charge in [0.25, 0.3) is 0 Å². The molecule has 2 aliphatic rings. The maximum absolute atomic E-state index is 5.90. The van der Waals surface area contributed by atoms with Gasteiger partial charge in [0.15, 0.2) is 0 Å². The molecular formula is C15H29NO. The van der Waals surface area contributed by atoms with Crippen molar-refractivity contribution < 1.29 is 4.74 Å². The van der Waals surface area contributed by atoms with Gasteiger partial charge in [-0.3, -0.25) is 0 Å². The highest BCUT2D eigenvalue weighted by Gasteiger charge is 2.24. The second kappa shape index (κ2) is 6.75. The van der Waals surface area contributed by atoms with E-state index in [1.165, 1.54) is 57.8 Å². The molecule has 0 saturated heterocycles. The fourth-order valence-electron chi connectivity index (χ4n) is 3.35. The van der Waals surface area contributed by atoms with Crippen LogP contribution in [0.3, 0.4) is 0 Å². The Hall–Kier alpha value is -0.0800. The van der Waals surface area contributed by atoms with Gasteiger partial charge in [0.1, 0.15) is 0 Å². The predicted octanol–water partition coefficient (Wildman–Crippen LogP) is 3.64. The van der Waals surface area contributed by atoms with E-state index in [0.717, 1.165) is 12.1 Å². The van der Waals surface area contributed by atoms with Crippen LogP contribution in [0, 0.1) is 0 Å². The van der Waals surface area contributed by atoms with Crippen LogP contribution in [0.2, 0.25) is 0 Å². The molecule has 0 spiro atoms. The fourth-order valence-corrected chi connectivity index (χ4v) is 3.35. The van der Waals surface area contributed by atoms with Gasteiger partial charge in [0.2, 0.25) is 0 Å². The Bertz CT molecular complexity index is 203. The SMILES string of the molecule is CC(C)OC1CCC(NC2CCCCC2)CC1. The second-order valence-electron chi connectivity index (χ2n) is 6.16. The lowest BCUT2D eigenvalue weighted by Crippen LogP contribution is -2.42. The average molecular weight is 239 g/mol. The zero-order valence-corrected chi connectivity index (χ0v) is 11.6. The highest BCUT2D eigenvalue weighted by molar-refractivity contribution is 4.82. The first kappa shape index (κ1) is 13.4. The molecule has 2 fully saturated rings. The van der Waals surface area contributed by atoms with E-state index < -0.39 is 0 Å². The lowest BCUT2D eigenvalue weighted by Gasteiger charge is -2.34. The molecular weight excluding hydrogens is 210 g/mol. The third-order valence-electron chi connectivity index (χ3n) is 4.22. The summed E-state index contributed by atoms with van der Waals surface area (Å²) in [6.45, 7) is 4.29. The normalized spacial score (nSPS) is 31.9. The first-order valence-corrected chi connectivity index (χ1v) is 7.65. The van der Waals surface area contributed by atoms with Crippen LogP contribution in [-0.2, 0) is 4.74 Å². The molecule has 0 radical (unpaired) electrons. The topological polar surface area (TPSA) is 21.3 Å². The molecule has 2 saturated carbocycles. The van der Waals surface area contributed by atoms with E-state index in [1.807, 2.05) is 0 Å². The monoisotopic (exact) mass is 239 g/mol. The van der Waals surface area contributed by atoms with Crippen LogP contribution in [0.15, 0.2) is 0 Å². The summed E-state index contributed by atoms with van der Waals surface area (Å²) in [5.74, 6) is 0. The van der Waals surface area contributed by atoms with Gasteiger partial charge >= 0.3 is 0 Å². The molecule has 0 amide bonds. The summed E-state index contributed by atoms with van der Waals surface area (Å²) in [7, 11) is 0. The summed E-state index contributed by atoms with van der Waals surface area (Å²) in [4.78, 5) is 0. The van der Waals surface area contributed by atoms with E-state index in [2.05, 4.69) is 19.2 Å². The van der Waals surface area contributed by atoms with Gasteiger partial charge in [-0.05, 0) is 52.4 Å². The summed E-state index contributed by atoms with van der Waals surface area (Å²) in [5, 5.41) is 3.88. The third kappa shape index (κ3) is 4.59. The number of hydrogen-bond donors (Lipinski definition) is 1. The van der Waals surface area contributed by atoms with Crippen molar-refractivity contribution in [1.29, 1.82) is 0 Å². The minimum absolute atomic E-state index is 0.392. The summed E-state index contributed by atoms with van der Waals surface area (Å²) in [6.07, 6.45) is 13.2. The van der Waals surface area contributed by atoms with Gasteiger partial charge in [-0.25, -0.2) is 0 Å². The van der Waals surface area contributed by atoms with Crippen LogP contribution in [0.25, 0.3) is 0 Å². The van der Waals surface area contributed by atoms with Crippen LogP contribution in [0.1, 0.15) is 71.6 Å². The van der Waals surface area contributed by atoms with Gasteiger partial charge < -0.3 is 10.1 Å². The Morgan fingerprint density at radius 3 is 2.00 bits per heavy atom. The van der Waals surface area contributed by atoms with Crippen molar-refractivity contribution in [1.82, 2.24) is 5.32 Å². The lowest BCUT2D eigenvalue weighted by molar-refractivity contribution is -0.0169. The van der Waals surface area contributed by atoms with Crippen molar-refractivity contribution in [3.05, 3.63) is 0 Å². The highest BCUT2D eigenvalue weighted by Crippen LogP contribution is 2.25. The molecule has 0 bridgehead atoms. The third-order valence-corrected chi connectivity index (χ3v) is 4.22. The van der Waals surface area contributed by atoms with Crippen LogP contribution < -0.4 is 5.32 Å². The van der Waals surface area contributed by atoms with Gasteiger partial charge in [-0.2, -0.15) is 0 Å². The highest BCUT2D eigenvalue weighted by atomic mass is 16.5. The Labute approximate surface area is 107 Å². The molecule has 0 heterocycles. The zero-order chi connectivity index (χ0) is 12.1. The molecule has 1 N–H and O–H groups in total. The molecule has 2 nitrogen and oxygen atoms in total. The standard InChI is InChI=1S/C15H29NO/c1-12(2)17-15-10-8-14(9-11-15)16-13-6-4-3-5-7-13/h12-16H,3-11H2,1-2H3. The Morgan fingerprint density at radius 2 is 1.41 bits per heavy atom. The molecule has 2 heteroatoms. The second-order valence-corrected chi connectivity index (χ2v) is 6.16. The molecule has 100 valence electrons. The number of hydrogen-bond acceptors (Lipinski definition) is 2. The maximum Gasteiger partial charge on any atom is 0.0579 e. The number of rotatable bonds is 4. The van der Waals surface area contributed by atoms with Crippen LogP contribution >= 0.6 is 0 Å². The number of ether oxygens (including phenoxy) is 1. The van der Waals surface area contributed by atoms with Crippen LogP contribution in [0.4, 0.5) is 0 Å². The molecule has 0 aromatic carbocycles. The predicted molar refractivity (Wildman–Crippen MR) is 72.3 cm³/mol. The Balaban J connectivity index is 1.64. The first-order valence-electron chi connectivity index (χ1n) is 7.65. The van der Waals surface area contributed by atoms with Crippen molar-refractivity contribution in [2.45, 2.75) is 95.9 Å². The van der Waals surface area contributed by atoms with Gasteiger partial charge in [-0.15, -0.1) is 0 Å². The van der Waals surface area contributed by atoms with Crippen LogP contribution in [-0.4, -0.2) is 24.3 Å². The average Bonchev–Trinajstić information content (AvgIpc) is 2.32. The summed E-state index contributed by atoms with van der Waals surface area (Å²) >= 11 is 0. The van der Waals surface area contributed by atoms with Gasteiger partial charge in [0, 0.05) is 12.1 Å². The maximum atomic E-state index is 5.90. The van der Waals surface area contributed by atoms with Crippen molar-refractivity contribution in [2.75, 3.05) is 0 Å². The van der Waals surface area contributed by atoms with E-state index in [-0.39, 0.29) is 0 Å². The smallest absolute Gasteiger partial charge is 0.0579 e. The molecule has 2 rings (SSSR count). The van der Waals surface area contributed by atoms with Gasteiger partial charge in [0.05, 0.1) is 12.2 Å². The fraction of sp³-hybridized carbons (Fsp3) is 1.00. The van der Waals surface area contributed by atoms with Crippen molar-refractivity contribution >= 4 is 0 Å². The van der Waals surface area contributed by atoms with Crippen LogP contribution in [0.5, 0.6) is 0 Å². The first-order chi connectivity index (χ1) is 8.24. The lowest BCUT2D eigenvalue weighted by atomic mass is 9.89. The van der Waals surface area contributed by atoms with E-state index in [4.69, 9.17) is 4.74 Å². The van der Waals surface area contributed by atoms with E-state index in [9.17, 15) is 0 Å².